The molecule has 0 bridgehead atoms. The van der Waals surface area contributed by atoms with Crippen LogP contribution in [0.1, 0.15) is 106 Å². The topological polar surface area (TPSA) is 169 Å². The van der Waals surface area contributed by atoms with Crippen molar-refractivity contribution >= 4 is 0 Å². The lowest BCUT2D eigenvalue weighted by molar-refractivity contribution is -0.331. The van der Waals surface area contributed by atoms with Crippen molar-refractivity contribution in [3.8, 4) is 0 Å². The highest BCUT2D eigenvalue weighted by Gasteiger charge is 2.85. The first kappa shape index (κ1) is 34.1. The zero-order chi connectivity index (χ0) is 33.6. The predicted octanol–water partition coefficient (Wildman–Crippen LogP) is 2.26. The van der Waals surface area contributed by atoms with Gasteiger partial charge < -0.3 is 50.0 Å². The van der Waals surface area contributed by atoms with Crippen molar-refractivity contribution < 1.29 is 50.0 Å². The fourth-order valence-corrected chi connectivity index (χ4v) is 13.6. The number of rotatable bonds is 5. The second kappa shape index (κ2) is 10.3. The largest absolute Gasteiger partial charge is 0.394 e. The number of aliphatic hydroxyl groups is 7. The van der Waals surface area contributed by atoms with E-state index in [9.17, 15) is 35.7 Å². The van der Waals surface area contributed by atoms with Gasteiger partial charge in [-0.3, -0.25) is 0 Å². The molecule has 17 atom stereocenters. The summed E-state index contributed by atoms with van der Waals surface area (Å²) < 4.78 is 19.4. The normalized spacial score (nSPS) is 59.3. The second-order valence-electron chi connectivity index (χ2n) is 18.7. The van der Waals surface area contributed by atoms with Crippen LogP contribution >= 0.6 is 0 Å². The molecule has 2 spiro atoms. The van der Waals surface area contributed by atoms with Crippen LogP contribution in [0, 0.1) is 44.8 Å². The Balaban J connectivity index is 1.26. The van der Waals surface area contributed by atoms with E-state index in [2.05, 4.69) is 34.6 Å². The summed E-state index contributed by atoms with van der Waals surface area (Å²) in [6.45, 7) is 14.2. The molecule has 46 heavy (non-hydrogen) atoms. The first-order chi connectivity index (χ1) is 21.2. The molecule has 9 unspecified atom stereocenters. The Labute approximate surface area is 273 Å². The van der Waals surface area contributed by atoms with E-state index in [1.807, 2.05) is 0 Å². The van der Waals surface area contributed by atoms with E-state index in [1.54, 1.807) is 13.8 Å². The van der Waals surface area contributed by atoms with Gasteiger partial charge in [-0.1, -0.05) is 27.7 Å². The molecule has 0 aromatic heterocycles. The van der Waals surface area contributed by atoms with Crippen LogP contribution in [-0.4, -0.2) is 109 Å². The first-order valence-electron chi connectivity index (χ1n) is 17.9. The van der Waals surface area contributed by atoms with Crippen LogP contribution in [0.3, 0.4) is 0 Å². The lowest BCUT2D eigenvalue weighted by Gasteiger charge is -2.65. The Morgan fingerprint density at radius 2 is 1.50 bits per heavy atom. The Morgan fingerprint density at radius 3 is 2.13 bits per heavy atom. The van der Waals surface area contributed by atoms with Crippen LogP contribution in [0.5, 0.6) is 0 Å². The molecule has 0 aromatic carbocycles. The highest BCUT2D eigenvalue weighted by atomic mass is 16.7. The highest BCUT2D eigenvalue weighted by molar-refractivity contribution is 5.33. The third-order valence-corrected chi connectivity index (χ3v) is 15.9. The number of aliphatic hydroxyl groups excluding tert-OH is 6. The molecule has 7 rings (SSSR count). The predicted molar refractivity (Wildman–Crippen MR) is 167 cm³/mol. The fourth-order valence-electron chi connectivity index (χ4n) is 13.6. The standard InChI is InChI=1S/C36H60O10/c1-30(2)22(39)8-11-36-17-35(36)13-12-32(5)27(34(7)10-9-23(46-34)31(3,4)43)18(38)15-33(32,6)21(35)14-19(28(30)36)44-29-26(42)25(41)24(40)20(16-37)45-29/h18-29,37-43H,8-17H2,1-7H3/t18?,19-,20+,21?,22?,23?,24?,25-,26+,27?,28-,29+,32?,33-,34+,35?,36?/m0/s1. The molecular formula is C36H60O10. The van der Waals surface area contributed by atoms with E-state index < -0.39 is 72.2 Å². The zero-order valence-electron chi connectivity index (χ0n) is 28.9. The van der Waals surface area contributed by atoms with E-state index in [4.69, 9.17) is 14.2 Å². The minimum atomic E-state index is -1.53. The Morgan fingerprint density at radius 1 is 0.804 bits per heavy atom. The Bertz CT molecular complexity index is 1200. The first-order valence-corrected chi connectivity index (χ1v) is 17.9. The summed E-state index contributed by atoms with van der Waals surface area (Å²) >= 11 is 0. The maximum atomic E-state index is 12.0. The van der Waals surface area contributed by atoms with Crippen molar-refractivity contribution in [1.82, 2.24) is 0 Å². The fraction of sp³-hybridized carbons (Fsp3) is 1.00. The monoisotopic (exact) mass is 652 g/mol. The summed E-state index contributed by atoms with van der Waals surface area (Å²) in [7, 11) is 0. The van der Waals surface area contributed by atoms with Crippen molar-refractivity contribution in [2.24, 2.45) is 44.8 Å². The maximum absolute atomic E-state index is 12.0. The van der Waals surface area contributed by atoms with Gasteiger partial charge in [-0.25, -0.2) is 0 Å². The molecule has 7 N–H and O–H groups in total. The van der Waals surface area contributed by atoms with E-state index in [-0.39, 0.29) is 45.5 Å². The zero-order valence-corrected chi connectivity index (χ0v) is 28.9. The van der Waals surface area contributed by atoms with Crippen LogP contribution in [0.25, 0.3) is 0 Å². The molecular weight excluding hydrogens is 592 g/mol. The number of hydrogen-bond donors (Lipinski definition) is 7. The highest BCUT2D eigenvalue weighted by Crippen LogP contribution is 2.89. The molecule has 264 valence electrons. The molecule has 5 saturated carbocycles. The van der Waals surface area contributed by atoms with Gasteiger partial charge in [0.2, 0.25) is 0 Å². The van der Waals surface area contributed by atoms with Gasteiger partial charge in [-0.2, -0.15) is 0 Å². The van der Waals surface area contributed by atoms with Gasteiger partial charge in [-0.15, -0.1) is 0 Å². The molecule has 10 heteroatoms. The van der Waals surface area contributed by atoms with Crippen LogP contribution in [-0.2, 0) is 14.2 Å². The minimum absolute atomic E-state index is 0.0225. The maximum Gasteiger partial charge on any atom is 0.186 e. The molecule has 10 nitrogen and oxygen atoms in total. The van der Waals surface area contributed by atoms with Crippen molar-refractivity contribution in [2.45, 2.75) is 173 Å². The summed E-state index contributed by atoms with van der Waals surface area (Å²) in [6.07, 6.45) is -1.07. The number of ether oxygens (including phenoxy) is 3. The smallest absolute Gasteiger partial charge is 0.186 e. The summed E-state index contributed by atoms with van der Waals surface area (Å²) in [5, 5.41) is 76.2. The van der Waals surface area contributed by atoms with Gasteiger partial charge >= 0.3 is 0 Å². The lowest BCUT2D eigenvalue weighted by atomic mass is 9.41. The van der Waals surface area contributed by atoms with Crippen LogP contribution in [0.2, 0.25) is 0 Å². The summed E-state index contributed by atoms with van der Waals surface area (Å²) in [5.74, 6) is 0.0768. The molecule has 0 amide bonds. The minimum Gasteiger partial charge on any atom is -0.394 e. The molecule has 0 aromatic rings. The van der Waals surface area contributed by atoms with Crippen LogP contribution in [0.4, 0.5) is 0 Å². The molecule has 7 fully saturated rings. The van der Waals surface area contributed by atoms with Crippen molar-refractivity contribution in [1.29, 1.82) is 0 Å². The lowest BCUT2D eigenvalue weighted by Crippen LogP contribution is -2.64. The van der Waals surface area contributed by atoms with Gasteiger partial charge in [0.15, 0.2) is 6.29 Å². The SMILES string of the molecule is CC(C)(O)C1CC[C@](C)(C2C(O)C[C@@]3(C)C4C[C@H](O[C@@H]5O[C@H](CO)C(O)[C@H](O)[C@H]5O)[C@H]5C(C)(C)C(O)CCC56CC46CCC23C)O1. The number of hydrogen-bond acceptors (Lipinski definition) is 10. The van der Waals surface area contributed by atoms with Crippen molar-refractivity contribution in [2.75, 3.05) is 6.61 Å². The van der Waals surface area contributed by atoms with Crippen LogP contribution in [0.15, 0.2) is 0 Å². The molecule has 5 aliphatic carbocycles. The number of fused-ring (bicyclic) bond motifs is 2. The molecule has 7 aliphatic rings. The molecule has 0 radical (unpaired) electrons. The van der Waals surface area contributed by atoms with E-state index >= 15 is 0 Å². The Hall–Kier alpha value is -0.400. The average molecular weight is 653 g/mol. The molecule has 2 aliphatic heterocycles. The van der Waals surface area contributed by atoms with Gasteiger partial charge in [0.1, 0.15) is 24.4 Å². The molecule has 2 heterocycles. The van der Waals surface area contributed by atoms with Crippen LogP contribution < -0.4 is 0 Å². The molecule has 2 saturated heterocycles. The summed E-state index contributed by atoms with van der Waals surface area (Å²) in [5.41, 5.74) is -2.50. The quantitative estimate of drug-likeness (QED) is 0.219. The third-order valence-electron chi connectivity index (χ3n) is 15.9. The van der Waals surface area contributed by atoms with Gasteiger partial charge in [0.25, 0.3) is 0 Å². The van der Waals surface area contributed by atoms with E-state index in [0.717, 1.165) is 38.5 Å². The van der Waals surface area contributed by atoms with Gasteiger partial charge in [0, 0.05) is 5.92 Å². The van der Waals surface area contributed by atoms with Gasteiger partial charge in [-0.05, 0) is 117 Å². The van der Waals surface area contributed by atoms with Crippen molar-refractivity contribution in [3.63, 3.8) is 0 Å². The second-order valence-corrected chi connectivity index (χ2v) is 18.7. The van der Waals surface area contributed by atoms with E-state index in [1.165, 1.54) is 0 Å². The summed E-state index contributed by atoms with van der Waals surface area (Å²) in [6, 6.07) is 0. The Kier molecular flexibility index (Phi) is 7.65. The van der Waals surface area contributed by atoms with Gasteiger partial charge in [0.05, 0.1) is 42.2 Å². The van der Waals surface area contributed by atoms with E-state index in [0.29, 0.717) is 19.3 Å². The van der Waals surface area contributed by atoms with Crippen molar-refractivity contribution in [3.05, 3.63) is 0 Å². The average Bonchev–Trinajstić information content (AvgIpc) is 3.33. The summed E-state index contributed by atoms with van der Waals surface area (Å²) in [4.78, 5) is 0. The third kappa shape index (κ3) is 4.24.